The quantitative estimate of drug-likeness (QED) is 0.784. The largest absolute Gasteiger partial charge is 0.321 e. The second-order valence-electron chi connectivity index (χ2n) is 5.21. The predicted molar refractivity (Wildman–Crippen MR) is 79.9 cm³/mol. The third-order valence-electron chi connectivity index (χ3n) is 3.86. The van der Waals surface area contributed by atoms with Crippen molar-refractivity contribution in [1.29, 1.82) is 0 Å². The molecule has 0 saturated heterocycles. The zero-order valence-electron chi connectivity index (χ0n) is 11.1. The van der Waals surface area contributed by atoms with Gasteiger partial charge in [0.15, 0.2) is 0 Å². The lowest BCUT2D eigenvalue weighted by Crippen LogP contribution is -2.20. The first-order valence-corrected chi connectivity index (χ1v) is 7.04. The summed E-state index contributed by atoms with van der Waals surface area (Å²) in [7, 11) is 0. The Bertz CT molecular complexity index is 501. The summed E-state index contributed by atoms with van der Waals surface area (Å²) in [6.07, 6.45) is 4.13. The first-order valence-electron chi connectivity index (χ1n) is 7.04. The van der Waals surface area contributed by atoms with Gasteiger partial charge in [0.25, 0.3) is 0 Å². The zero-order chi connectivity index (χ0) is 12.9. The van der Waals surface area contributed by atoms with Gasteiger partial charge in [-0.25, -0.2) is 5.43 Å². The molecule has 1 aliphatic rings. The third kappa shape index (κ3) is 3.15. The van der Waals surface area contributed by atoms with Gasteiger partial charge in [0.05, 0.1) is 0 Å². The highest BCUT2D eigenvalue weighted by Crippen LogP contribution is 2.36. The second-order valence-corrected chi connectivity index (χ2v) is 5.21. The Morgan fingerprint density at radius 1 is 0.895 bits per heavy atom. The smallest absolute Gasteiger partial charge is 0.0487 e. The molecule has 0 heterocycles. The standard InChI is InChI=1S/C17H20N2/c1-2-7-17(8-3-1)19-18-13-14-9-11-16(12-10-14)15-5-4-6-15/h1-3,7-12,15,18-19H,4-6,13H2. The monoisotopic (exact) mass is 252 g/mol. The number of anilines is 1. The molecule has 1 fully saturated rings. The lowest BCUT2D eigenvalue weighted by Gasteiger charge is -2.25. The molecule has 2 N–H and O–H groups in total. The van der Waals surface area contributed by atoms with Crippen molar-refractivity contribution in [3.05, 3.63) is 65.7 Å². The molecule has 0 atom stereocenters. The highest BCUT2D eigenvalue weighted by Gasteiger charge is 2.18. The molecular formula is C17H20N2. The van der Waals surface area contributed by atoms with E-state index in [0.29, 0.717) is 0 Å². The van der Waals surface area contributed by atoms with Crippen LogP contribution in [0.3, 0.4) is 0 Å². The molecule has 2 aromatic carbocycles. The van der Waals surface area contributed by atoms with Crippen molar-refractivity contribution in [2.45, 2.75) is 31.7 Å². The maximum Gasteiger partial charge on any atom is 0.0487 e. The van der Waals surface area contributed by atoms with E-state index in [1.54, 1.807) is 0 Å². The van der Waals surface area contributed by atoms with Gasteiger partial charge in [-0.3, -0.25) is 0 Å². The fourth-order valence-corrected chi connectivity index (χ4v) is 2.42. The van der Waals surface area contributed by atoms with E-state index in [-0.39, 0.29) is 0 Å². The van der Waals surface area contributed by atoms with E-state index in [2.05, 4.69) is 35.1 Å². The Balaban J connectivity index is 1.50. The molecule has 0 aliphatic heterocycles. The van der Waals surface area contributed by atoms with Crippen molar-refractivity contribution in [3.63, 3.8) is 0 Å². The van der Waals surface area contributed by atoms with E-state index in [1.165, 1.54) is 30.4 Å². The minimum atomic E-state index is 0.824. The molecule has 0 radical (unpaired) electrons. The number of hydrazine groups is 1. The van der Waals surface area contributed by atoms with Gasteiger partial charge < -0.3 is 5.43 Å². The molecule has 98 valence electrons. The normalized spacial score (nSPS) is 14.9. The fourth-order valence-electron chi connectivity index (χ4n) is 2.42. The summed E-state index contributed by atoms with van der Waals surface area (Å²) < 4.78 is 0. The maximum atomic E-state index is 3.24. The molecule has 0 aromatic heterocycles. The number of para-hydroxylation sites is 1. The Morgan fingerprint density at radius 2 is 1.63 bits per heavy atom. The molecule has 3 rings (SSSR count). The summed E-state index contributed by atoms with van der Waals surface area (Å²) in [5.41, 5.74) is 10.4. The van der Waals surface area contributed by atoms with Gasteiger partial charge in [0.2, 0.25) is 0 Å². The Morgan fingerprint density at radius 3 is 2.26 bits per heavy atom. The van der Waals surface area contributed by atoms with Crippen LogP contribution in [0.2, 0.25) is 0 Å². The van der Waals surface area contributed by atoms with E-state index < -0.39 is 0 Å². The lowest BCUT2D eigenvalue weighted by atomic mass is 9.80. The van der Waals surface area contributed by atoms with Crippen LogP contribution in [-0.4, -0.2) is 0 Å². The molecule has 0 unspecified atom stereocenters. The van der Waals surface area contributed by atoms with Gasteiger partial charge in [0, 0.05) is 12.2 Å². The molecule has 1 saturated carbocycles. The summed E-state index contributed by atoms with van der Waals surface area (Å²) in [5.74, 6) is 0.824. The first kappa shape index (κ1) is 12.2. The van der Waals surface area contributed by atoms with Crippen LogP contribution in [0.1, 0.15) is 36.3 Å². The minimum absolute atomic E-state index is 0.824. The second kappa shape index (κ2) is 5.89. The first-order chi connectivity index (χ1) is 9.42. The van der Waals surface area contributed by atoms with Crippen LogP contribution < -0.4 is 10.9 Å². The Kier molecular flexibility index (Phi) is 3.80. The van der Waals surface area contributed by atoms with Crippen LogP contribution in [0.4, 0.5) is 5.69 Å². The van der Waals surface area contributed by atoms with E-state index in [1.807, 2.05) is 30.3 Å². The number of benzene rings is 2. The molecule has 0 amide bonds. The average molecular weight is 252 g/mol. The van der Waals surface area contributed by atoms with Crippen LogP contribution >= 0.6 is 0 Å². The Labute approximate surface area is 114 Å². The highest BCUT2D eigenvalue weighted by atomic mass is 15.3. The lowest BCUT2D eigenvalue weighted by molar-refractivity contribution is 0.419. The SMILES string of the molecule is c1ccc(NNCc2ccc(C3CCC3)cc2)cc1. The van der Waals surface area contributed by atoms with E-state index in [4.69, 9.17) is 0 Å². The number of hydrogen-bond donors (Lipinski definition) is 2. The van der Waals surface area contributed by atoms with Gasteiger partial charge in [-0.2, -0.15) is 0 Å². The Hall–Kier alpha value is -1.80. The average Bonchev–Trinajstić information content (AvgIpc) is 2.40. The molecule has 0 spiro atoms. The predicted octanol–water partition coefficient (Wildman–Crippen LogP) is 4.07. The van der Waals surface area contributed by atoms with Crippen LogP contribution in [0.25, 0.3) is 0 Å². The van der Waals surface area contributed by atoms with Gasteiger partial charge in [-0.15, -0.1) is 0 Å². The van der Waals surface area contributed by atoms with Crippen molar-refractivity contribution in [2.24, 2.45) is 0 Å². The van der Waals surface area contributed by atoms with Gasteiger partial charge in [-0.05, 0) is 42.0 Å². The fraction of sp³-hybridized carbons (Fsp3) is 0.294. The van der Waals surface area contributed by atoms with Crippen molar-refractivity contribution < 1.29 is 0 Å². The van der Waals surface area contributed by atoms with Crippen molar-refractivity contribution in [2.75, 3.05) is 5.43 Å². The van der Waals surface area contributed by atoms with Crippen molar-refractivity contribution in [3.8, 4) is 0 Å². The summed E-state index contributed by atoms with van der Waals surface area (Å²) >= 11 is 0. The van der Waals surface area contributed by atoms with Crippen LogP contribution in [0.5, 0.6) is 0 Å². The summed E-state index contributed by atoms with van der Waals surface area (Å²) in [4.78, 5) is 0. The maximum absolute atomic E-state index is 3.24. The zero-order valence-corrected chi connectivity index (χ0v) is 11.1. The number of nitrogens with one attached hydrogen (secondary N) is 2. The van der Waals surface area contributed by atoms with Crippen molar-refractivity contribution in [1.82, 2.24) is 5.43 Å². The molecule has 2 heteroatoms. The molecule has 2 nitrogen and oxygen atoms in total. The van der Waals surface area contributed by atoms with E-state index >= 15 is 0 Å². The van der Waals surface area contributed by atoms with Gasteiger partial charge >= 0.3 is 0 Å². The summed E-state index contributed by atoms with van der Waals surface area (Å²) in [6, 6.07) is 19.2. The van der Waals surface area contributed by atoms with Gasteiger partial charge in [0.1, 0.15) is 0 Å². The number of hydrogen-bond acceptors (Lipinski definition) is 2. The topological polar surface area (TPSA) is 24.1 Å². The third-order valence-corrected chi connectivity index (χ3v) is 3.86. The molecular weight excluding hydrogens is 232 g/mol. The molecule has 2 aromatic rings. The summed E-state index contributed by atoms with van der Waals surface area (Å²) in [5, 5.41) is 0. The highest BCUT2D eigenvalue weighted by molar-refractivity contribution is 5.41. The van der Waals surface area contributed by atoms with Crippen LogP contribution in [0, 0.1) is 0 Å². The van der Waals surface area contributed by atoms with E-state index in [0.717, 1.165) is 18.2 Å². The molecule has 1 aliphatic carbocycles. The summed E-state index contributed by atoms with van der Waals surface area (Å²) in [6.45, 7) is 0.833. The molecule has 19 heavy (non-hydrogen) atoms. The molecule has 0 bridgehead atoms. The minimum Gasteiger partial charge on any atom is -0.321 e. The number of rotatable bonds is 5. The van der Waals surface area contributed by atoms with E-state index in [9.17, 15) is 0 Å². The van der Waals surface area contributed by atoms with Crippen LogP contribution in [0.15, 0.2) is 54.6 Å². The van der Waals surface area contributed by atoms with Crippen molar-refractivity contribution >= 4 is 5.69 Å². The van der Waals surface area contributed by atoms with Crippen LogP contribution in [-0.2, 0) is 6.54 Å². The van der Waals surface area contributed by atoms with Gasteiger partial charge in [-0.1, -0.05) is 48.9 Å².